The van der Waals surface area contributed by atoms with Crippen LogP contribution in [0, 0.1) is 0 Å². The predicted molar refractivity (Wildman–Crippen MR) is 68.5 cm³/mol. The van der Waals surface area contributed by atoms with Crippen molar-refractivity contribution in [3.63, 3.8) is 0 Å². The number of benzene rings is 1. The number of nitrogens with zero attached hydrogens (tertiary/aromatic N) is 3. The fourth-order valence-corrected chi connectivity index (χ4v) is 1.54. The van der Waals surface area contributed by atoms with Crippen LogP contribution in [0.4, 0.5) is 5.69 Å². The van der Waals surface area contributed by atoms with E-state index in [1.807, 2.05) is 31.3 Å². The molecule has 0 saturated heterocycles. The monoisotopic (exact) mass is 245 g/mol. The van der Waals surface area contributed by atoms with Crippen LogP contribution >= 0.6 is 0 Å². The zero-order valence-electron chi connectivity index (χ0n) is 10.1. The average Bonchev–Trinajstić information content (AvgIpc) is 2.90. The Hall–Kier alpha value is -2.21. The maximum atomic E-state index is 11.6. The number of hydrogen-bond donors (Lipinski definition) is 2. The Morgan fingerprint density at radius 1 is 1.33 bits per heavy atom. The van der Waals surface area contributed by atoms with Gasteiger partial charge in [-0.25, -0.2) is 0 Å². The lowest BCUT2D eigenvalue weighted by Crippen LogP contribution is -2.18. The SMILES string of the molecule is CNCCC(=O)Nc1cccc(-n2cnnc2)c1. The van der Waals surface area contributed by atoms with Gasteiger partial charge < -0.3 is 10.6 Å². The normalized spacial score (nSPS) is 10.3. The lowest BCUT2D eigenvalue weighted by Gasteiger charge is -2.07. The van der Waals surface area contributed by atoms with E-state index in [0.29, 0.717) is 13.0 Å². The van der Waals surface area contributed by atoms with Gasteiger partial charge in [0.1, 0.15) is 12.7 Å². The van der Waals surface area contributed by atoms with Crippen molar-refractivity contribution in [2.24, 2.45) is 0 Å². The molecule has 0 radical (unpaired) electrons. The van der Waals surface area contributed by atoms with Crippen LogP contribution in [0.3, 0.4) is 0 Å². The van der Waals surface area contributed by atoms with Gasteiger partial charge in [0.15, 0.2) is 0 Å². The zero-order chi connectivity index (χ0) is 12.8. The van der Waals surface area contributed by atoms with E-state index in [1.165, 1.54) is 0 Å². The van der Waals surface area contributed by atoms with Crippen LogP contribution in [0.2, 0.25) is 0 Å². The van der Waals surface area contributed by atoms with Gasteiger partial charge in [0.2, 0.25) is 5.91 Å². The topological polar surface area (TPSA) is 71.8 Å². The van der Waals surface area contributed by atoms with Crippen molar-refractivity contribution in [1.82, 2.24) is 20.1 Å². The Morgan fingerprint density at radius 2 is 2.11 bits per heavy atom. The number of carbonyl (C=O) groups is 1. The third kappa shape index (κ3) is 3.14. The van der Waals surface area contributed by atoms with E-state index in [1.54, 1.807) is 17.2 Å². The summed E-state index contributed by atoms with van der Waals surface area (Å²) in [6.07, 6.45) is 3.68. The maximum Gasteiger partial charge on any atom is 0.225 e. The van der Waals surface area contributed by atoms with Crippen molar-refractivity contribution in [2.45, 2.75) is 6.42 Å². The van der Waals surface area contributed by atoms with Gasteiger partial charge in [-0.05, 0) is 25.2 Å². The Bertz CT molecular complexity index is 509. The van der Waals surface area contributed by atoms with Crippen molar-refractivity contribution in [3.05, 3.63) is 36.9 Å². The number of rotatable bonds is 5. The van der Waals surface area contributed by atoms with E-state index < -0.39 is 0 Å². The maximum absolute atomic E-state index is 11.6. The first kappa shape index (κ1) is 12.3. The molecule has 0 aliphatic heterocycles. The highest BCUT2D eigenvalue weighted by atomic mass is 16.1. The smallest absolute Gasteiger partial charge is 0.225 e. The molecule has 0 aliphatic rings. The minimum atomic E-state index is -0.00902. The molecule has 0 aliphatic carbocycles. The second-order valence-electron chi connectivity index (χ2n) is 3.82. The molecule has 2 rings (SSSR count). The van der Waals surface area contributed by atoms with Crippen LogP contribution in [0.1, 0.15) is 6.42 Å². The number of nitrogens with one attached hydrogen (secondary N) is 2. The molecule has 18 heavy (non-hydrogen) atoms. The van der Waals surface area contributed by atoms with Crippen LogP contribution in [-0.2, 0) is 4.79 Å². The first-order chi connectivity index (χ1) is 8.79. The standard InChI is InChI=1S/C12H15N5O/c1-13-6-5-12(18)16-10-3-2-4-11(7-10)17-8-14-15-9-17/h2-4,7-9,13H,5-6H2,1H3,(H,16,18). The lowest BCUT2D eigenvalue weighted by molar-refractivity contribution is -0.116. The van der Waals surface area contributed by atoms with Crippen LogP contribution < -0.4 is 10.6 Å². The molecule has 0 atom stereocenters. The largest absolute Gasteiger partial charge is 0.326 e. The van der Waals surface area contributed by atoms with Crippen molar-refractivity contribution in [1.29, 1.82) is 0 Å². The molecule has 0 unspecified atom stereocenters. The second-order valence-corrected chi connectivity index (χ2v) is 3.82. The average molecular weight is 245 g/mol. The molecule has 1 aromatic heterocycles. The molecule has 6 nitrogen and oxygen atoms in total. The Labute approximate surface area is 105 Å². The van der Waals surface area contributed by atoms with E-state index in [-0.39, 0.29) is 5.91 Å². The molecule has 2 N–H and O–H groups in total. The molecule has 0 fully saturated rings. The fourth-order valence-electron chi connectivity index (χ4n) is 1.54. The van der Waals surface area contributed by atoms with Gasteiger partial charge in [-0.3, -0.25) is 9.36 Å². The molecular weight excluding hydrogens is 230 g/mol. The van der Waals surface area contributed by atoms with Gasteiger partial charge in [0.05, 0.1) is 5.69 Å². The minimum absolute atomic E-state index is 0.00902. The van der Waals surface area contributed by atoms with Crippen molar-refractivity contribution in [3.8, 4) is 5.69 Å². The number of aromatic nitrogens is 3. The van der Waals surface area contributed by atoms with Crippen LogP contribution in [0.15, 0.2) is 36.9 Å². The van der Waals surface area contributed by atoms with Crippen molar-refractivity contribution in [2.75, 3.05) is 18.9 Å². The van der Waals surface area contributed by atoms with Gasteiger partial charge >= 0.3 is 0 Å². The quantitative estimate of drug-likeness (QED) is 0.818. The van der Waals surface area contributed by atoms with Gasteiger partial charge in [-0.2, -0.15) is 0 Å². The van der Waals surface area contributed by atoms with Gasteiger partial charge in [-0.15, -0.1) is 10.2 Å². The summed E-state index contributed by atoms with van der Waals surface area (Å²) in [6, 6.07) is 7.53. The summed E-state index contributed by atoms with van der Waals surface area (Å²) in [7, 11) is 1.82. The highest BCUT2D eigenvalue weighted by Gasteiger charge is 2.03. The summed E-state index contributed by atoms with van der Waals surface area (Å²) in [6.45, 7) is 0.664. The molecule has 0 spiro atoms. The van der Waals surface area contributed by atoms with E-state index in [4.69, 9.17) is 0 Å². The molecule has 1 amide bonds. The summed E-state index contributed by atoms with van der Waals surface area (Å²) in [4.78, 5) is 11.6. The first-order valence-corrected chi connectivity index (χ1v) is 5.69. The molecule has 6 heteroatoms. The number of carbonyl (C=O) groups excluding carboxylic acids is 1. The van der Waals surface area contributed by atoms with Crippen LogP contribution in [0.25, 0.3) is 5.69 Å². The van der Waals surface area contributed by atoms with Gasteiger partial charge in [0, 0.05) is 18.7 Å². The van der Waals surface area contributed by atoms with Crippen LogP contribution in [-0.4, -0.2) is 34.3 Å². The highest BCUT2D eigenvalue weighted by Crippen LogP contribution is 2.14. The first-order valence-electron chi connectivity index (χ1n) is 5.69. The highest BCUT2D eigenvalue weighted by molar-refractivity contribution is 5.91. The molecule has 94 valence electrons. The number of amides is 1. The fraction of sp³-hybridized carbons (Fsp3) is 0.250. The summed E-state index contributed by atoms with van der Waals surface area (Å²) in [5.74, 6) is -0.00902. The summed E-state index contributed by atoms with van der Waals surface area (Å²) in [5.41, 5.74) is 1.67. The Kier molecular flexibility index (Phi) is 4.03. The van der Waals surface area contributed by atoms with Crippen molar-refractivity contribution < 1.29 is 4.79 Å². The molecular formula is C12H15N5O. The molecule has 1 aromatic carbocycles. The van der Waals surface area contributed by atoms with Gasteiger partial charge in [0.25, 0.3) is 0 Å². The molecule has 0 saturated carbocycles. The van der Waals surface area contributed by atoms with E-state index in [9.17, 15) is 4.79 Å². The lowest BCUT2D eigenvalue weighted by atomic mass is 10.2. The minimum Gasteiger partial charge on any atom is -0.326 e. The third-order valence-electron chi connectivity index (χ3n) is 2.45. The van der Waals surface area contributed by atoms with Gasteiger partial charge in [-0.1, -0.05) is 6.07 Å². The van der Waals surface area contributed by atoms with Crippen molar-refractivity contribution >= 4 is 11.6 Å². The summed E-state index contributed by atoms with van der Waals surface area (Å²) < 4.78 is 1.78. The van der Waals surface area contributed by atoms with E-state index in [0.717, 1.165) is 11.4 Å². The molecule has 0 bridgehead atoms. The Morgan fingerprint density at radius 3 is 2.83 bits per heavy atom. The Balaban J connectivity index is 2.06. The second kappa shape index (κ2) is 5.92. The third-order valence-corrected chi connectivity index (χ3v) is 2.45. The molecule has 1 heterocycles. The van der Waals surface area contributed by atoms with E-state index >= 15 is 0 Å². The predicted octanol–water partition coefficient (Wildman–Crippen LogP) is 0.815. The summed E-state index contributed by atoms with van der Waals surface area (Å²) in [5, 5.41) is 13.3. The number of hydrogen-bond acceptors (Lipinski definition) is 4. The summed E-state index contributed by atoms with van der Waals surface area (Å²) >= 11 is 0. The zero-order valence-corrected chi connectivity index (χ0v) is 10.1. The van der Waals surface area contributed by atoms with E-state index in [2.05, 4.69) is 20.8 Å². The molecule has 2 aromatic rings. The van der Waals surface area contributed by atoms with Crippen LogP contribution in [0.5, 0.6) is 0 Å². The number of anilines is 1.